The van der Waals surface area contributed by atoms with E-state index in [1.807, 2.05) is 46.8 Å². The predicted molar refractivity (Wildman–Crippen MR) is 142 cm³/mol. The minimum atomic E-state index is -1.08. The van der Waals surface area contributed by atoms with E-state index >= 15 is 0 Å². The van der Waals surface area contributed by atoms with Crippen LogP contribution in [0.3, 0.4) is 0 Å². The van der Waals surface area contributed by atoms with E-state index in [4.69, 9.17) is 10.5 Å². The minimum absolute atomic E-state index is 0.0367. The number of benzene rings is 1. The van der Waals surface area contributed by atoms with Gasteiger partial charge in [0, 0.05) is 25.2 Å². The summed E-state index contributed by atoms with van der Waals surface area (Å²) < 4.78 is 6.43. The summed E-state index contributed by atoms with van der Waals surface area (Å²) in [5, 5.41) is 2.71. The molecule has 0 unspecified atom stereocenters. The number of rotatable bonds is 11. The van der Waals surface area contributed by atoms with Gasteiger partial charge >= 0.3 is 11.7 Å². The Morgan fingerprint density at radius 3 is 2.30 bits per heavy atom. The van der Waals surface area contributed by atoms with Gasteiger partial charge in [0.2, 0.25) is 5.91 Å². The average molecular weight is 516 g/mol. The maximum atomic E-state index is 13.1. The number of nitrogen functional groups attached to an aromatic ring is 1. The number of hydrogen-bond donors (Lipinski definition) is 3. The summed E-state index contributed by atoms with van der Waals surface area (Å²) in [5.74, 6) is -1.85. The molecular formula is C26H37N5O6. The number of carbonyl (C=O) groups is 3. The molecule has 1 aromatic heterocycles. The molecule has 0 spiro atoms. The minimum Gasteiger partial charge on any atom is -0.453 e. The molecule has 1 aromatic carbocycles. The van der Waals surface area contributed by atoms with Crippen molar-refractivity contribution in [1.29, 1.82) is 0 Å². The zero-order valence-electron chi connectivity index (χ0n) is 22.3. The van der Waals surface area contributed by atoms with Crippen molar-refractivity contribution >= 4 is 35.0 Å². The zero-order valence-corrected chi connectivity index (χ0v) is 22.3. The number of amides is 2. The molecule has 11 nitrogen and oxygen atoms in total. The number of ether oxygens (including phenoxy) is 1. The molecule has 0 fully saturated rings. The molecule has 11 heteroatoms. The van der Waals surface area contributed by atoms with Crippen molar-refractivity contribution in [3.8, 4) is 0 Å². The molecule has 2 rings (SSSR count). The number of nitrogens with zero attached hydrogens (tertiary/aromatic N) is 2. The van der Waals surface area contributed by atoms with E-state index in [1.54, 1.807) is 12.1 Å². The van der Waals surface area contributed by atoms with Gasteiger partial charge in [0.25, 0.3) is 11.5 Å². The maximum Gasteiger partial charge on any atom is 0.330 e. The lowest BCUT2D eigenvalue weighted by atomic mass is 10.1. The van der Waals surface area contributed by atoms with Crippen molar-refractivity contribution in [3.63, 3.8) is 0 Å². The van der Waals surface area contributed by atoms with Crippen LogP contribution in [-0.4, -0.2) is 40.0 Å². The quantitative estimate of drug-likeness (QED) is 0.388. The lowest BCUT2D eigenvalue weighted by Gasteiger charge is -2.26. The summed E-state index contributed by atoms with van der Waals surface area (Å²) >= 11 is 0. The number of aryl methyl sites for hydroxylation is 1. The van der Waals surface area contributed by atoms with Gasteiger partial charge in [0.15, 0.2) is 11.8 Å². The van der Waals surface area contributed by atoms with Gasteiger partial charge in [-0.05, 0) is 37.3 Å². The molecule has 0 aliphatic rings. The third kappa shape index (κ3) is 8.06. The summed E-state index contributed by atoms with van der Waals surface area (Å²) in [5.41, 5.74) is 6.10. The number of nitrogens with two attached hydrogens (primary N) is 1. The highest BCUT2D eigenvalue weighted by atomic mass is 16.5. The Hall–Kier alpha value is -3.89. The van der Waals surface area contributed by atoms with Gasteiger partial charge < -0.3 is 20.7 Å². The SMILES string of the molecule is Cc1ccccc1NC(=O)[C@@H](C)OC(=O)CCC(=O)N(CC(C)C)c1c(N)n(CC(C)C)c(=O)[nH]c1=O. The van der Waals surface area contributed by atoms with Crippen molar-refractivity contribution in [2.45, 2.75) is 67.0 Å². The van der Waals surface area contributed by atoms with Crippen LogP contribution in [0, 0.1) is 18.8 Å². The molecule has 4 N–H and O–H groups in total. The third-order valence-electron chi connectivity index (χ3n) is 5.50. The fraction of sp³-hybridized carbons (Fsp3) is 0.500. The highest BCUT2D eigenvalue weighted by Crippen LogP contribution is 2.21. The predicted octanol–water partition coefficient (Wildman–Crippen LogP) is 2.42. The van der Waals surface area contributed by atoms with E-state index < -0.39 is 35.1 Å². The van der Waals surface area contributed by atoms with Gasteiger partial charge in [-0.25, -0.2) is 4.79 Å². The number of nitrogens with one attached hydrogen (secondary N) is 2. The van der Waals surface area contributed by atoms with Crippen molar-refractivity contribution in [1.82, 2.24) is 9.55 Å². The second kappa shape index (κ2) is 12.9. The van der Waals surface area contributed by atoms with E-state index in [0.29, 0.717) is 5.69 Å². The summed E-state index contributed by atoms with van der Waals surface area (Å²) in [6.45, 7) is 11.2. The molecule has 1 heterocycles. The van der Waals surface area contributed by atoms with Gasteiger partial charge in [0.1, 0.15) is 5.82 Å². The number of aromatic nitrogens is 2. The number of aromatic amines is 1. The molecular weight excluding hydrogens is 478 g/mol. The summed E-state index contributed by atoms with van der Waals surface area (Å²) in [7, 11) is 0. The first-order valence-corrected chi connectivity index (χ1v) is 12.3. The Labute approximate surface area is 216 Å². The Balaban J connectivity index is 2.13. The van der Waals surface area contributed by atoms with Crippen LogP contribution in [0.15, 0.2) is 33.9 Å². The fourth-order valence-corrected chi connectivity index (χ4v) is 3.67. The Bertz CT molecular complexity index is 1250. The normalized spacial score (nSPS) is 11.9. The highest BCUT2D eigenvalue weighted by molar-refractivity contribution is 5.98. The molecule has 0 aliphatic carbocycles. The lowest BCUT2D eigenvalue weighted by molar-refractivity contribution is -0.153. The van der Waals surface area contributed by atoms with Gasteiger partial charge in [-0.15, -0.1) is 0 Å². The monoisotopic (exact) mass is 515 g/mol. The smallest absolute Gasteiger partial charge is 0.330 e. The van der Waals surface area contributed by atoms with Crippen LogP contribution in [-0.2, 0) is 25.7 Å². The Morgan fingerprint density at radius 1 is 1.05 bits per heavy atom. The van der Waals surface area contributed by atoms with Crippen LogP contribution >= 0.6 is 0 Å². The molecule has 0 bridgehead atoms. The summed E-state index contributed by atoms with van der Waals surface area (Å²) in [6, 6.07) is 7.20. The topological polar surface area (TPSA) is 157 Å². The van der Waals surface area contributed by atoms with Crippen LogP contribution in [0.1, 0.15) is 53.0 Å². The van der Waals surface area contributed by atoms with E-state index in [9.17, 15) is 24.0 Å². The third-order valence-corrected chi connectivity index (χ3v) is 5.50. The number of carbonyl (C=O) groups excluding carboxylic acids is 3. The number of para-hydroxylation sites is 1. The van der Waals surface area contributed by atoms with Crippen molar-refractivity contribution in [3.05, 3.63) is 50.7 Å². The van der Waals surface area contributed by atoms with Gasteiger partial charge in [-0.2, -0.15) is 0 Å². The van der Waals surface area contributed by atoms with E-state index in [0.717, 1.165) is 5.56 Å². The van der Waals surface area contributed by atoms with E-state index in [1.165, 1.54) is 16.4 Å². The molecule has 37 heavy (non-hydrogen) atoms. The first-order chi connectivity index (χ1) is 17.3. The number of H-pyrrole nitrogens is 1. The Kier molecular flexibility index (Phi) is 10.2. The zero-order chi connectivity index (χ0) is 27.9. The number of anilines is 3. The molecule has 0 radical (unpaired) electrons. The molecule has 2 amide bonds. The first kappa shape index (κ1) is 29.3. The molecule has 0 saturated heterocycles. The van der Waals surface area contributed by atoms with Gasteiger partial charge in [0.05, 0.1) is 6.42 Å². The number of hydrogen-bond acceptors (Lipinski definition) is 7. The average Bonchev–Trinajstić information content (AvgIpc) is 2.80. The molecule has 2 aromatic rings. The highest BCUT2D eigenvalue weighted by Gasteiger charge is 2.26. The van der Waals surface area contributed by atoms with Crippen LogP contribution in [0.5, 0.6) is 0 Å². The standard InChI is InChI=1S/C26H37N5O6/c1-15(2)13-30(22-23(27)31(14-16(3)4)26(36)29-25(22)35)20(32)11-12-21(33)37-18(6)24(34)28-19-10-8-7-9-17(19)5/h7-10,15-16,18H,11-14,27H2,1-6H3,(H,28,34)(H,29,35,36)/t18-/m1/s1. The Morgan fingerprint density at radius 2 is 1.70 bits per heavy atom. The maximum absolute atomic E-state index is 13.1. The van der Waals surface area contributed by atoms with Crippen LogP contribution in [0.4, 0.5) is 17.2 Å². The van der Waals surface area contributed by atoms with Crippen molar-refractivity contribution in [2.75, 3.05) is 22.5 Å². The van der Waals surface area contributed by atoms with Gasteiger partial charge in [-0.1, -0.05) is 45.9 Å². The van der Waals surface area contributed by atoms with Crippen LogP contribution < -0.4 is 27.2 Å². The van der Waals surface area contributed by atoms with Crippen LogP contribution in [0.2, 0.25) is 0 Å². The molecule has 0 saturated carbocycles. The lowest BCUT2D eigenvalue weighted by Crippen LogP contribution is -2.43. The largest absolute Gasteiger partial charge is 0.453 e. The molecule has 0 aliphatic heterocycles. The second-order valence-corrected chi connectivity index (χ2v) is 9.83. The molecule has 1 atom stereocenters. The molecule has 202 valence electrons. The summed E-state index contributed by atoms with van der Waals surface area (Å²) in [4.78, 5) is 66.4. The summed E-state index contributed by atoms with van der Waals surface area (Å²) in [6.07, 6.45) is -1.66. The van der Waals surface area contributed by atoms with Gasteiger partial charge in [-0.3, -0.25) is 28.7 Å². The second-order valence-electron chi connectivity index (χ2n) is 9.83. The van der Waals surface area contributed by atoms with E-state index in [-0.39, 0.29) is 49.3 Å². The first-order valence-electron chi connectivity index (χ1n) is 12.3. The van der Waals surface area contributed by atoms with Crippen molar-refractivity contribution < 1.29 is 19.1 Å². The van der Waals surface area contributed by atoms with Crippen molar-refractivity contribution in [2.24, 2.45) is 11.8 Å². The van der Waals surface area contributed by atoms with E-state index in [2.05, 4.69) is 10.3 Å². The van der Waals surface area contributed by atoms with Crippen LogP contribution in [0.25, 0.3) is 0 Å². The number of esters is 1. The fourth-order valence-electron chi connectivity index (χ4n) is 3.67.